The van der Waals surface area contributed by atoms with E-state index in [1.54, 1.807) is 0 Å². The van der Waals surface area contributed by atoms with Gasteiger partial charge in [-0.3, -0.25) is 4.48 Å². The maximum atomic E-state index is 2.30. The van der Waals surface area contributed by atoms with Crippen molar-refractivity contribution < 1.29 is 17.0 Å². The summed E-state index contributed by atoms with van der Waals surface area (Å²) in [5, 5.41) is 0. The zero-order valence-electron chi connectivity index (χ0n) is 9.33. The first-order valence-electron chi connectivity index (χ1n) is 5.13. The van der Waals surface area contributed by atoms with Gasteiger partial charge in [0.25, 0.3) is 0 Å². The monoisotopic (exact) mass is 257 g/mol. The van der Waals surface area contributed by atoms with E-state index in [4.69, 9.17) is 0 Å². The van der Waals surface area contributed by atoms with Crippen LogP contribution in [0.1, 0.15) is 20.3 Å². The molecule has 0 heterocycles. The topological polar surface area (TPSA) is 0 Å². The molecule has 0 aliphatic rings. The van der Waals surface area contributed by atoms with E-state index in [2.05, 4.69) is 51.2 Å². The fourth-order valence-corrected chi connectivity index (χ4v) is 1.75. The van der Waals surface area contributed by atoms with Crippen molar-refractivity contribution in [3.63, 3.8) is 0 Å². The molecule has 1 atom stereocenters. The quantitative estimate of drug-likeness (QED) is 0.670. The standard InChI is InChI=1S/C12H20N.BrH/c1-4-11-13(3,5-2)12-9-7-6-8-10-12;/h6-10H,4-5,11H2,1-3H3;1H/q+1;/p-1. The van der Waals surface area contributed by atoms with Crippen molar-refractivity contribution in [1.82, 2.24) is 4.48 Å². The van der Waals surface area contributed by atoms with Crippen molar-refractivity contribution in [1.29, 1.82) is 0 Å². The van der Waals surface area contributed by atoms with E-state index < -0.39 is 0 Å². The van der Waals surface area contributed by atoms with Crippen molar-refractivity contribution in [3.8, 4) is 0 Å². The highest BCUT2D eigenvalue weighted by atomic mass is 79.9. The Hall–Kier alpha value is -0.340. The second kappa shape index (κ2) is 6.20. The molecule has 1 unspecified atom stereocenters. The number of hydrogen-bond donors (Lipinski definition) is 0. The number of rotatable bonds is 4. The normalized spacial score (nSPS) is 14.2. The zero-order valence-corrected chi connectivity index (χ0v) is 10.9. The largest absolute Gasteiger partial charge is 1.00 e. The van der Waals surface area contributed by atoms with Gasteiger partial charge in [0.1, 0.15) is 5.69 Å². The molecule has 0 aromatic heterocycles. The van der Waals surface area contributed by atoms with Gasteiger partial charge in [0.05, 0.1) is 20.1 Å². The highest BCUT2D eigenvalue weighted by molar-refractivity contribution is 5.41. The molecule has 0 saturated carbocycles. The van der Waals surface area contributed by atoms with Crippen LogP contribution in [0.5, 0.6) is 0 Å². The number of halogens is 1. The highest BCUT2D eigenvalue weighted by Gasteiger charge is 2.20. The summed E-state index contributed by atoms with van der Waals surface area (Å²) in [6.45, 7) is 6.89. The Morgan fingerprint density at radius 2 is 1.64 bits per heavy atom. The van der Waals surface area contributed by atoms with Crippen molar-refractivity contribution >= 4 is 5.69 Å². The summed E-state index contributed by atoms with van der Waals surface area (Å²) in [6.07, 6.45) is 1.24. The van der Waals surface area contributed by atoms with E-state index in [-0.39, 0.29) is 17.0 Å². The molecule has 0 spiro atoms. The molecule has 0 fully saturated rings. The second-order valence-corrected chi connectivity index (χ2v) is 3.77. The summed E-state index contributed by atoms with van der Waals surface area (Å²) in [6, 6.07) is 10.8. The van der Waals surface area contributed by atoms with E-state index in [0.717, 1.165) is 11.0 Å². The molecular weight excluding hydrogens is 238 g/mol. The first kappa shape index (κ1) is 13.7. The smallest absolute Gasteiger partial charge is 0.132 e. The lowest BCUT2D eigenvalue weighted by atomic mass is 10.2. The van der Waals surface area contributed by atoms with Crippen LogP contribution in [-0.2, 0) is 0 Å². The molecule has 0 radical (unpaired) electrons. The zero-order chi connectivity index (χ0) is 9.73. The first-order chi connectivity index (χ1) is 6.23. The lowest BCUT2D eigenvalue weighted by Gasteiger charge is -2.32. The Morgan fingerprint density at radius 3 is 2.07 bits per heavy atom. The molecule has 0 amide bonds. The van der Waals surface area contributed by atoms with E-state index in [1.807, 2.05) is 0 Å². The number of quaternary nitrogens is 1. The van der Waals surface area contributed by atoms with Gasteiger partial charge < -0.3 is 17.0 Å². The molecule has 0 aliphatic heterocycles. The molecule has 0 N–H and O–H groups in total. The average Bonchev–Trinajstić information content (AvgIpc) is 2.19. The number of nitrogens with zero attached hydrogens (tertiary/aromatic N) is 1. The lowest BCUT2D eigenvalue weighted by Crippen LogP contribution is -3.00. The van der Waals surface area contributed by atoms with Crippen LogP contribution < -0.4 is 21.5 Å². The third-order valence-corrected chi connectivity index (χ3v) is 2.79. The molecule has 0 aliphatic carbocycles. The first-order valence-corrected chi connectivity index (χ1v) is 5.13. The summed E-state index contributed by atoms with van der Waals surface area (Å²) in [5.41, 5.74) is 1.42. The highest BCUT2D eigenvalue weighted by Crippen LogP contribution is 2.20. The predicted molar refractivity (Wildman–Crippen MR) is 59.9 cm³/mol. The van der Waals surface area contributed by atoms with Crippen LogP contribution in [0.4, 0.5) is 5.69 Å². The van der Waals surface area contributed by atoms with Gasteiger partial charge in [-0.25, -0.2) is 0 Å². The van der Waals surface area contributed by atoms with Crippen LogP contribution in [0.2, 0.25) is 0 Å². The fraction of sp³-hybridized carbons (Fsp3) is 0.500. The van der Waals surface area contributed by atoms with E-state index in [1.165, 1.54) is 18.7 Å². The molecular formula is C12H20BrN. The Kier molecular flexibility index (Phi) is 6.05. The summed E-state index contributed by atoms with van der Waals surface area (Å²) in [4.78, 5) is 0. The van der Waals surface area contributed by atoms with Crippen LogP contribution in [0.3, 0.4) is 0 Å². The molecule has 2 heteroatoms. The Morgan fingerprint density at radius 1 is 1.07 bits per heavy atom. The van der Waals surface area contributed by atoms with Crippen molar-refractivity contribution in [2.75, 3.05) is 20.1 Å². The second-order valence-electron chi connectivity index (χ2n) is 3.77. The molecule has 1 aromatic carbocycles. The number of hydrogen-bond acceptors (Lipinski definition) is 0. The summed E-state index contributed by atoms with van der Waals surface area (Å²) in [5.74, 6) is 0. The van der Waals surface area contributed by atoms with Gasteiger partial charge in [0.15, 0.2) is 0 Å². The van der Waals surface area contributed by atoms with Crippen LogP contribution in [0, 0.1) is 0 Å². The van der Waals surface area contributed by atoms with E-state index in [0.29, 0.717) is 0 Å². The third-order valence-electron chi connectivity index (χ3n) is 2.79. The minimum atomic E-state index is 0. The molecule has 1 aromatic rings. The Bertz CT molecular complexity index is 248. The molecule has 0 bridgehead atoms. The SMILES string of the molecule is CCC[N+](C)(CC)c1ccccc1.[Br-]. The Labute approximate surface area is 98.1 Å². The van der Waals surface area contributed by atoms with Gasteiger partial charge in [-0.1, -0.05) is 25.1 Å². The molecule has 14 heavy (non-hydrogen) atoms. The van der Waals surface area contributed by atoms with Crippen LogP contribution in [0.25, 0.3) is 0 Å². The summed E-state index contributed by atoms with van der Waals surface area (Å²) in [7, 11) is 2.30. The number of para-hydroxylation sites is 1. The summed E-state index contributed by atoms with van der Waals surface area (Å²) >= 11 is 0. The lowest BCUT2D eigenvalue weighted by molar-refractivity contribution is -0.00000290. The summed E-state index contributed by atoms with van der Waals surface area (Å²) < 4.78 is 1.05. The van der Waals surface area contributed by atoms with Gasteiger partial charge >= 0.3 is 0 Å². The van der Waals surface area contributed by atoms with Crippen LogP contribution >= 0.6 is 0 Å². The molecule has 0 saturated heterocycles. The predicted octanol–water partition coefficient (Wildman–Crippen LogP) is 0.0576. The molecule has 1 nitrogen and oxygen atoms in total. The maximum Gasteiger partial charge on any atom is 0.132 e. The van der Waals surface area contributed by atoms with Crippen molar-refractivity contribution in [3.05, 3.63) is 30.3 Å². The number of benzene rings is 1. The maximum absolute atomic E-state index is 2.30. The van der Waals surface area contributed by atoms with Crippen LogP contribution in [0.15, 0.2) is 30.3 Å². The molecule has 80 valence electrons. The third kappa shape index (κ3) is 3.10. The van der Waals surface area contributed by atoms with E-state index >= 15 is 0 Å². The molecule has 1 rings (SSSR count). The average molecular weight is 258 g/mol. The van der Waals surface area contributed by atoms with Gasteiger partial charge in [-0.05, 0) is 25.5 Å². The van der Waals surface area contributed by atoms with Gasteiger partial charge in [-0.2, -0.15) is 0 Å². The van der Waals surface area contributed by atoms with Crippen molar-refractivity contribution in [2.24, 2.45) is 0 Å². The Balaban J connectivity index is 0.00000169. The van der Waals surface area contributed by atoms with Crippen molar-refractivity contribution in [2.45, 2.75) is 20.3 Å². The van der Waals surface area contributed by atoms with E-state index in [9.17, 15) is 0 Å². The van der Waals surface area contributed by atoms with Gasteiger partial charge in [0.2, 0.25) is 0 Å². The minimum absolute atomic E-state index is 0. The van der Waals surface area contributed by atoms with Crippen LogP contribution in [-0.4, -0.2) is 20.1 Å². The fourth-order valence-electron chi connectivity index (χ4n) is 1.75. The van der Waals surface area contributed by atoms with Gasteiger partial charge in [-0.15, -0.1) is 0 Å². The minimum Gasteiger partial charge on any atom is -1.00 e. The van der Waals surface area contributed by atoms with Gasteiger partial charge in [0, 0.05) is 0 Å².